The molecule has 19 heavy (non-hydrogen) atoms. The largest absolute Gasteiger partial charge is 0.379 e. The zero-order chi connectivity index (χ0) is 13.5. The second-order valence-corrected chi connectivity index (χ2v) is 5.66. The number of ether oxygens (including phenoxy) is 1. The molecule has 0 unspecified atom stereocenters. The molecule has 1 aromatic carbocycles. The van der Waals surface area contributed by atoms with E-state index in [9.17, 15) is 4.39 Å². The van der Waals surface area contributed by atoms with Crippen molar-refractivity contribution in [2.24, 2.45) is 5.73 Å². The van der Waals surface area contributed by atoms with Gasteiger partial charge in [-0.15, -0.1) is 0 Å². The molecule has 2 heterocycles. The first-order chi connectivity index (χ1) is 9.14. The van der Waals surface area contributed by atoms with Crippen molar-refractivity contribution in [2.75, 3.05) is 19.8 Å². The number of nitrogens with one attached hydrogen (secondary N) is 1. The Morgan fingerprint density at radius 3 is 2.89 bits per heavy atom. The van der Waals surface area contributed by atoms with Gasteiger partial charge in [-0.05, 0) is 18.2 Å². The van der Waals surface area contributed by atoms with E-state index in [-0.39, 0.29) is 11.2 Å². The fraction of sp³-hybridized carbons (Fsp3) is 0.308. The number of rotatable bonds is 3. The second-order valence-electron chi connectivity index (χ2n) is 4.75. The number of nitrogens with zero attached hydrogens (tertiary/aromatic N) is 1. The SMILES string of the molecule is NCC1(c2ncc(-c3cc(Br)ccc3F)[nH]2)COC1. The van der Waals surface area contributed by atoms with Crippen molar-refractivity contribution < 1.29 is 9.13 Å². The molecule has 0 bridgehead atoms. The van der Waals surface area contributed by atoms with Gasteiger partial charge in [-0.3, -0.25) is 0 Å². The van der Waals surface area contributed by atoms with Crippen LogP contribution in [-0.2, 0) is 10.2 Å². The maximum Gasteiger partial charge on any atom is 0.132 e. The predicted molar refractivity (Wildman–Crippen MR) is 73.2 cm³/mol. The molecule has 1 aliphatic rings. The Labute approximate surface area is 118 Å². The fourth-order valence-corrected chi connectivity index (χ4v) is 2.49. The maximum atomic E-state index is 13.8. The number of aromatic nitrogens is 2. The Balaban J connectivity index is 1.99. The van der Waals surface area contributed by atoms with E-state index in [1.54, 1.807) is 18.3 Å². The molecule has 1 aromatic heterocycles. The summed E-state index contributed by atoms with van der Waals surface area (Å²) in [5, 5.41) is 0. The molecule has 0 radical (unpaired) electrons. The molecule has 0 spiro atoms. The Morgan fingerprint density at radius 1 is 1.47 bits per heavy atom. The van der Waals surface area contributed by atoms with Crippen LogP contribution in [0.5, 0.6) is 0 Å². The lowest BCUT2D eigenvalue weighted by molar-refractivity contribution is -0.0589. The first kappa shape index (κ1) is 12.8. The molecule has 4 nitrogen and oxygen atoms in total. The quantitative estimate of drug-likeness (QED) is 0.909. The number of hydrogen-bond acceptors (Lipinski definition) is 3. The van der Waals surface area contributed by atoms with E-state index in [2.05, 4.69) is 25.9 Å². The molecule has 100 valence electrons. The first-order valence-electron chi connectivity index (χ1n) is 5.93. The standard InChI is InChI=1S/C13H13BrFN3O/c14-8-1-2-10(15)9(3-8)11-4-17-12(18-11)13(5-16)6-19-7-13/h1-4H,5-7,16H2,(H,17,18). The highest BCUT2D eigenvalue weighted by Gasteiger charge is 2.41. The number of nitrogens with two attached hydrogens (primary N) is 1. The monoisotopic (exact) mass is 325 g/mol. The summed E-state index contributed by atoms with van der Waals surface area (Å²) in [6.45, 7) is 1.57. The second kappa shape index (κ2) is 4.70. The number of hydrogen-bond donors (Lipinski definition) is 2. The van der Waals surface area contributed by atoms with Crippen molar-refractivity contribution in [3.05, 3.63) is 40.5 Å². The number of H-pyrrole nitrogens is 1. The summed E-state index contributed by atoms with van der Waals surface area (Å²) >= 11 is 3.34. The molecule has 0 atom stereocenters. The average molecular weight is 326 g/mol. The van der Waals surface area contributed by atoms with Crippen LogP contribution in [0.1, 0.15) is 5.82 Å². The third-order valence-electron chi connectivity index (χ3n) is 3.44. The van der Waals surface area contributed by atoms with Gasteiger partial charge in [0.2, 0.25) is 0 Å². The van der Waals surface area contributed by atoms with E-state index in [4.69, 9.17) is 10.5 Å². The molecule has 1 saturated heterocycles. The minimum absolute atomic E-state index is 0.249. The summed E-state index contributed by atoms with van der Waals surface area (Å²) in [6.07, 6.45) is 1.63. The lowest BCUT2D eigenvalue weighted by Gasteiger charge is -2.38. The van der Waals surface area contributed by atoms with Gasteiger partial charge < -0.3 is 15.5 Å². The molecule has 1 aliphatic heterocycles. The van der Waals surface area contributed by atoms with E-state index in [0.29, 0.717) is 31.0 Å². The number of halogens is 2. The Morgan fingerprint density at radius 2 is 2.26 bits per heavy atom. The van der Waals surface area contributed by atoms with Gasteiger partial charge in [0.05, 0.1) is 30.5 Å². The highest BCUT2D eigenvalue weighted by atomic mass is 79.9. The van der Waals surface area contributed by atoms with E-state index >= 15 is 0 Å². The van der Waals surface area contributed by atoms with Crippen LogP contribution in [0.15, 0.2) is 28.9 Å². The first-order valence-corrected chi connectivity index (χ1v) is 6.73. The normalized spacial score (nSPS) is 17.2. The van der Waals surface area contributed by atoms with E-state index in [1.165, 1.54) is 6.07 Å². The van der Waals surface area contributed by atoms with Crippen LogP contribution in [0.2, 0.25) is 0 Å². The average Bonchev–Trinajstić information content (AvgIpc) is 2.81. The third-order valence-corrected chi connectivity index (χ3v) is 3.94. The van der Waals surface area contributed by atoms with Crippen molar-refractivity contribution in [3.8, 4) is 11.3 Å². The van der Waals surface area contributed by atoms with Crippen LogP contribution in [0, 0.1) is 5.82 Å². The minimum Gasteiger partial charge on any atom is -0.379 e. The van der Waals surface area contributed by atoms with Crippen molar-refractivity contribution in [3.63, 3.8) is 0 Å². The van der Waals surface area contributed by atoms with Crippen molar-refractivity contribution in [1.82, 2.24) is 9.97 Å². The van der Waals surface area contributed by atoms with E-state index < -0.39 is 0 Å². The minimum atomic E-state index is -0.287. The van der Waals surface area contributed by atoms with Gasteiger partial charge in [-0.2, -0.15) is 0 Å². The van der Waals surface area contributed by atoms with Crippen LogP contribution in [0.25, 0.3) is 11.3 Å². The van der Waals surface area contributed by atoms with E-state index in [0.717, 1.165) is 10.3 Å². The van der Waals surface area contributed by atoms with Gasteiger partial charge in [0, 0.05) is 16.6 Å². The summed E-state index contributed by atoms with van der Waals surface area (Å²) in [5.74, 6) is 0.473. The smallest absolute Gasteiger partial charge is 0.132 e. The van der Waals surface area contributed by atoms with Crippen molar-refractivity contribution in [2.45, 2.75) is 5.41 Å². The molecule has 1 fully saturated rings. The van der Waals surface area contributed by atoms with Crippen LogP contribution in [0.3, 0.4) is 0 Å². The highest BCUT2D eigenvalue weighted by Crippen LogP contribution is 2.32. The van der Waals surface area contributed by atoms with Gasteiger partial charge >= 0.3 is 0 Å². The molecular formula is C13H13BrFN3O. The summed E-state index contributed by atoms with van der Waals surface area (Å²) in [6, 6.07) is 4.81. The summed E-state index contributed by atoms with van der Waals surface area (Å²) in [5.41, 5.74) is 6.67. The summed E-state index contributed by atoms with van der Waals surface area (Å²) in [7, 11) is 0. The van der Waals surface area contributed by atoms with Crippen molar-refractivity contribution >= 4 is 15.9 Å². The molecular weight excluding hydrogens is 313 g/mol. The molecule has 6 heteroatoms. The topological polar surface area (TPSA) is 63.9 Å². The Kier molecular flexibility index (Phi) is 3.16. The van der Waals surface area contributed by atoms with Gasteiger partial charge in [-0.25, -0.2) is 9.37 Å². The third kappa shape index (κ3) is 2.09. The molecule has 2 aromatic rings. The summed E-state index contributed by atoms with van der Waals surface area (Å²) in [4.78, 5) is 7.49. The Hall–Kier alpha value is -1.24. The van der Waals surface area contributed by atoms with Crippen LogP contribution in [-0.4, -0.2) is 29.7 Å². The van der Waals surface area contributed by atoms with Gasteiger partial charge in [0.15, 0.2) is 0 Å². The zero-order valence-corrected chi connectivity index (χ0v) is 11.7. The van der Waals surface area contributed by atoms with Crippen LogP contribution >= 0.6 is 15.9 Å². The van der Waals surface area contributed by atoms with Crippen molar-refractivity contribution in [1.29, 1.82) is 0 Å². The molecule has 3 rings (SSSR count). The van der Waals surface area contributed by atoms with Gasteiger partial charge in [0.1, 0.15) is 11.6 Å². The lowest BCUT2D eigenvalue weighted by Crippen LogP contribution is -2.52. The lowest BCUT2D eigenvalue weighted by atomic mass is 9.85. The number of benzene rings is 1. The fourth-order valence-electron chi connectivity index (χ4n) is 2.13. The van der Waals surface area contributed by atoms with Gasteiger partial charge in [0.25, 0.3) is 0 Å². The Bertz CT molecular complexity index is 604. The molecule has 0 aliphatic carbocycles. The molecule has 0 amide bonds. The molecule has 3 N–H and O–H groups in total. The highest BCUT2D eigenvalue weighted by molar-refractivity contribution is 9.10. The maximum absolute atomic E-state index is 13.8. The predicted octanol–water partition coefficient (Wildman–Crippen LogP) is 2.21. The van der Waals surface area contributed by atoms with Gasteiger partial charge in [-0.1, -0.05) is 15.9 Å². The van der Waals surface area contributed by atoms with E-state index in [1.807, 2.05) is 0 Å². The van der Waals surface area contributed by atoms with Crippen LogP contribution in [0.4, 0.5) is 4.39 Å². The zero-order valence-electron chi connectivity index (χ0n) is 10.1. The number of imidazole rings is 1. The van der Waals surface area contributed by atoms with Crippen LogP contribution < -0.4 is 5.73 Å². The number of aromatic amines is 1. The summed E-state index contributed by atoms with van der Waals surface area (Å²) < 4.78 is 19.9. The molecule has 0 saturated carbocycles.